The third kappa shape index (κ3) is 2.12. The molecule has 0 saturated heterocycles. The van der Waals surface area contributed by atoms with Gasteiger partial charge in [-0.3, -0.25) is 0 Å². The van der Waals surface area contributed by atoms with Crippen LogP contribution in [0.15, 0.2) is 10.5 Å². The summed E-state index contributed by atoms with van der Waals surface area (Å²) in [6.07, 6.45) is -2.64. The van der Waals surface area contributed by atoms with E-state index in [4.69, 9.17) is 9.47 Å². The van der Waals surface area contributed by atoms with Gasteiger partial charge < -0.3 is 9.47 Å². The lowest BCUT2D eigenvalue weighted by atomic mass is 10.3. The van der Waals surface area contributed by atoms with E-state index in [0.29, 0.717) is 0 Å². The number of aromatic nitrogens is 1. The van der Waals surface area contributed by atoms with E-state index in [-0.39, 0.29) is 21.8 Å². The molecule has 1 heterocycles. The highest BCUT2D eigenvalue weighted by atomic mass is 79.9. The number of alkyl halides is 2. The van der Waals surface area contributed by atoms with Crippen LogP contribution >= 0.6 is 15.9 Å². The van der Waals surface area contributed by atoms with Crippen LogP contribution in [0.4, 0.5) is 8.78 Å². The fraction of sp³-hybridized carbons (Fsp3) is 0.375. The van der Waals surface area contributed by atoms with Gasteiger partial charge in [0.25, 0.3) is 6.43 Å². The van der Waals surface area contributed by atoms with Crippen LogP contribution in [0, 0.1) is 0 Å². The van der Waals surface area contributed by atoms with E-state index in [9.17, 15) is 8.78 Å². The zero-order valence-electron chi connectivity index (χ0n) is 7.55. The summed E-state index contributed by atoms with van der Waals surface area (Å²) >= 11 is 3.00. The molecule has 0 radical (unpaired) electrons. The lowest BCUT2D eigenvalue weighted by molar-refractivity contribution is 0.144. The van der Waals surface area contributed by atoms with Gasteiger partial charge in [-0.25, -0.2) is 8.78 Å². The minimum absolute atomic E-state index is 0.133. The monoisotopic (exact) mass is 267 g/mol. The lowest BCUT2D eigenvalue weighted by Crippen LogP contribution is -1.99. The van der Waals surface area contributed by atoms with Gasteiger partial charge in [0.15, 0.2) is 0 Å². The van der Waals surface area contributed by atoms with Crippen molar-refractivity contribution in [3.8, 4) is 11.8 Å². The highest BCUT2D eigenvalue weighted by Crippen LogP contribution is 2.36. The van der Waals surface area contributed by atoms with Crippen molar-refractivity contribution in [2.75, 3.05) is 14.2 Å². The maximum Gasteiger partial charge on any atom is 0.270 e. The molecule has 6 heteroatoms. The molecule has 0 bridgehead atoms. The molecule has 0 spiro atoms. The summed E-state index contributed by atoms with van der Waals surface area (Å²) < 4.78 is 34.8. The molecule has 0 fully saturated rings. The number of hydrogen-bond donors (Lipinski definition) is 0. The molecule has 1 rings (SSSR count). The Morgan fingerprint density at radius 3 is 2.43 bits per heavy atom. The van der Waals surface area contributed by atoms with Gasteiger partial charge in [0.1, 0.15) is 0 Å². The second-order valence-corrected chi connectivity index (χ2v) is 3.22. The summed E-state index contributed by atoms with van der Waals surface area (Å²) in [6.45, 7) is 0. The Morgan fingerprint density at radius 1 is 1.36 bits per heavy atom. The molecule has 14 heavy (non-hydrogen) atoms. The SMILES string of the molecule is COc1cc(Br)c(C(F)F)c(OC)n1. The van der Waals surface area contributed by atoms with Crippen molar-refractivity contribution in [2.24, 2.45) is 0 Å². The van der Waals surface area contributed by atoms with E-state index in [1.54, 1.807) is 0 Å². The minimum atomic E-state index is -2.64. The molecular weight excluding hydrogens is 260 g/mol. The largest absolute Gasteiger partial charge is 0.481 e. The molecule has 0 atom stereocenters. The molecule has 0 aliphatic rings. The fourth-order valence-corrected chi connectivity index (χ4v) is 1.48. The van der Waals surface area contributed by atoms with Crippen molar-refractivity contribution in [2.45, 2.75) is 6.43 Å². The van der Waals surface area contributed by atoms with Crippen LogP contribution in [-0.2, 0) is 0 Å². The predicted molar refractivity (Wildman–Crippen MR) is 50.0 cm³/mol. The normalized spacial score (nSPS) is 10.4. The van der Waals surface area contributed by atoms with Crippen LogP contribution in [0.3, 0.4) is 0 Å². The zero-order chi connectivity index (χ0) is 10.7. The van der Waals surface area contributed by atoms with Crippen LogP contribution in [0.5, 0.6) is 11.8 Å². The molecular formula is C8H8BrF2NO2. The van der Waals surface area contributed by atoms with E-state index in [0.717, 1.165) is 0 Å². The molecule has 0 unspecified atom stereocenters. The molecule has 0 saturated carbocycles. The number of nitrogens with zero attached hydrogens (tertiary/aromatic N) is 1. The van der Waals surface area contributed by atoms with Gasteiger partial charge in [0, 0.05) is 10.5 Å². The van der Waals surface area contributed by atoms with Crippen molar-refractivity contribution < 1.29 is 18.3 Å². The minimum Gasteiger partial charge on any atom is -0.481 e. The van der Waals surface area contributed by atoms with Crippen molar-refractivity contribution in [1.29, 1.82) is 0 Å². The third-order valence-electron chi connectivity index (χ3n) is 1.57. The third-order valence-corrected chi connectivity index (χ3v) is 2.23. The van der Waals surface area contributed by atoms with Crippen LogP contribution < -0.4 is 9.47 Å². The highest BCUT2D eigenvalue weighted by molar-refractivity contribution is 9.10. The average Bonchev–Trinajstić information content (AvgIpc) is 2.15. The van der Waals surface area contributed by atoms with E-state index < -0.39 is 6.43 Å². The Kier molecular flexibility index (Phi) is 3.62. The van der Waals surface area contributed by atoms with Crippen LogP contribution in [0.25, 0.3) is 0 Å². The summed E-state index contributed by atoms with van der Waals surface area (Å²) in [5, 5.41) is 0. The maximum atomic E-state index is 12.5. The Balaban J connectivity index is 3.27. The number of rotatable bonds is 3. The van der Waals surface area contributed by atoms with Gasteiger partial charge >= 0.3 is 0 Å². The quantitative estimate of drug-likeness (QED) is 0.844. The molecule has 0 aromatic carbocycles. The fourth-order valence-electron chi connectivity index (χ4n) is 0.939. The first-order chi connectivity index (χ1) is 6.60. The number of hydrogen-bond acceptors (Lipinski definition) is 3. The van der Waals surface area contributed by atoms with Crippen molar-refractivity contribution in [1.82, 2.24) is 4.98 Å². The standard InChI is InChI=1S/C8H8BrF2NO2/c1-13-5-3-4(9)6(7(10)11)8(12-5)14-2/h3,7H,1-2H3. The summed E-state index contributed by atoms with van der Waals surface area (Å²) in [5.74, 6) is 0.0874. The van der Waals surface area contributed by atoms with E-state index in [2.05, 4.69) is 20.9 Å². The van der Waals surface area contributed by atoms with E-state index in [1.165, 1.54) is 20.3 Å². The second-order valence-electron chi connectivity index (χ2n) is 2.37. The number of halogens is 3. The molecule has 78 valence electrons. The van der Waals surface area contributed by atoms with Crippen molar-refractivity contribution in [3.05, 3.63) is 16.1 Å². The summed E-state index contributed by atoms with van der Waals surface area (Å²) in [4.78, 5) is 3.74. The zero-order valence-corrected chi connectivity index (χ0v) is 9.14. The summed E-state index contributed by atoms with van der Waals surface area (Å²) in [5.41, 5.74) is -0.270. The Bertz CT molecular complexity index is 333. The maximum absolute atomic E-state index is 12.5. The van der Waals surface area contributed by atoms with Gasteiger partial charge in [-0.15, -0.1) is 0 Å². The van der Waals surface area contributed by atoms with Crippen molar-refractivity contribution >= 4 is 15.9 Å². The molecule has 0 N–H and O–H groups in total. The summed E-state index contributed by atoms with van der Waals surface area (Å²) in [7, 11) is 2.68. The Morgan fingerprint density at radius 2 is 2.00 bits per heavy atom. The molecule has 0 aliphatic heterocycles. The second kappa shape index (κ2) is 4.54. The van der Waals surface area contributed by atoms with E-state index >= 15 is 0 Å². The molecule has 1 aromatic heterocycles. The first-order valence-electron chi connectivity index (χ1n) is 3.66. The first kappa shape index (κ1) is 11.2. The van der Waals surface area contributed by atoms with Gasteiger partial charge in [-0.05, 0) is 15.9 Å². The molecule has 0 amide bonds. The number of ether oxygens (including phenoxy) is 2. The van der Waals surface area contributed by atoms with Crippen molar-refractivity contribution in [3.63, 3.8) is 0 Å². The van der Waals surface area contributed by atoms with Gasteiger partial charge in [0.05, 0.1) is 19.8 Å². The van der Waals surface area contributed by atoms with Gasteiger partial charge in [-0.2, -0.15) is 4.98 Å². The smallest absolute Gasteiger partial charge is 0.270 e. The predicted octanol–water partition coefficient (Wildman–Crippen LogP) is 2.80. The lowest BCUT2D eigenvalue weighted by Gasteiger charge is -2.10. The molecule has 0 aliphatic carbocycles. The topological polar surface area (TPSA) is 31.4 Å². The highest BCUT2D eigenvalue weighted by Gasteiger charge is 2.20. The average molecular weight is 268 g/mol. The molecule has 3 nitrogen and oxygen atoms in total. The number of methoxy groups -OCH3 is 2. The van der Waals surface area contributed by atoms with Crippen LogP contribution in [0.2, 0.25) is 0 Å². The Hall–Kier alpha value is -0.910. The number of pyridine rings is 1. The van der Waals surface area contributed by atoms with Gasteiger partial charge in [-0.1, -0.05) is 0 Å². The van der Waals surface area contributed by atoms with Gasteiger partial charge in [0.2, 0.25) is 11.8 Å². The first-order valence-corrected chi connectivity index (χ1v) is 4.46. The Labute approximate surface area is 88.2 Å². The summed E-state index contributed by atoms with van der Waals surface area (Å²) in [6, 6.07) is 1.37. The van der Waals surface area contributed by atoms with E-state index in [1.807, 2.05) is 0 Å². The van der Waals surface area contributed by atoms with Crippen LogP contribution in [0.1, 0.15) is 12.0 Å². The van der Waals surface area contributed by atoms with Crippen LogP contribution in [-0.4, -0.2) is 19.2 Å². The molecule has 1 aromatic rings.